The molecule has 5 nitrogen and oxygen atoms in total. The van der Waals surface area contributed by atoms with Crippen molar-refractivity contribution in [3.8, 4) is 0 Å². The van der Waals surface area contributed by atoms with Crippen LogP contribution in [0.25, 0.3) is 0 Å². The Morgan fingerprint density at radius 3 is 3.00 bits per heavy atom. The van der Waals surface area contributed by atoms with E-state index in [1.807, 2.05) is 0 Å². The first-order chi connectivity index (χ1) is 8.04. The van der Waals surface area contributed by atoms with Crippen LogP contribution in [-0.4, -0.2) is 54.7 Å². The number of nitrogens with one attached hydrogen (secondary N) is 1. The number of amides is 1. The lowest BCUT2D eigenvalue weighted by Crippen LogP contribution is -2.48. The molecule has 0 aromatic carbocycles. The zero-order valence-electron chi connectivity index (χ0n) is 10.4. The van der Waals surface area contributed by atoms with Gasteiger partial charge in [0.1, 0.15) is 0 Å². The van der Waals surface area contributed by atoms with Gasteiger partial charge < -0.3 is 15.8 Å². The number of ether oxygens (including phenoxy) is 1. The van der Waals surface area contributed by atoms with E-state index in [0.29, 0.717) is 6.54 Å². The Hall–Kier alpha value is -0.720. The Labute approximate surface area is 108 Å². The smallest absolute Gasteiger partial charge is 0.229 e. The third kappa shape index (κ3) is 4.57. The second-order valence-electron chi connectivity index (χ2n) is 4.26. The van der Waals surface area contributed by atoms with Crippen molar-refractivity contribution in [1.82, 2.24) is 10.2 Å². The van der Waals surface area contributed by atoms with Crippen LogP contribution < -0.4 is 11.1 Å². The molecule has 0 aliphatic carbocycles. The highest BCUT2D eigenvalue weighted by Crippen LogP contribution is 2.04. The molecule has 0 spiro atoms. The lowest BCUT2D eigenvalue weighted by molar-refractivity contribution is -0.123. The van der Waals surface area contributed by atoms with Crippen LogP contribution in [0, 0.1) is 5.92 Å². The molecule has 6 heteroatoms. The van der Waals surface area contributed by atoms with Gasteiger partial charge in [-0.05, 0) is 13.5 Å². The van der Waals surface area contributed by atoms with Gasteiger partial charge in [0.25, 0.3) is 0 Å². The van der Waals surface area contributed by atoms with E-state index in [-0.39, 0.29) is 17.0 Å². The van der Waals surface area contributed by atoms with Crippen LogP contribution >= 0.6 is 12.2 Å². The van der Waals surface area contributed by atoms with Crippen LogP contribution in [0.3, 0.4) is 0 Å². The van der Waals surface area contributed by atoms with Gasteiger partial charge in [0.05, 0.1) is 23.6 Å². The summed E-state index contributed by atoms with van der Waals surface area (Å²) in [5.74, 6) is -0.550. The summed E-state index contributed by atoms with van der Waals surface area (Å²) in [7, 11) is 0. The number of hydrogen-bond acceptors (Lipinski definition) is 4. The van der Waals surface area contributed by atoms with Gasteiger partial charge in [0.2, 0.25) is 5.91 Å². The molecule has 1 rings (SSSR count). The Balaban J connectivity index is 2.30. The van der Waals surface area contributed by atoms with Crippen LogP contribution in [-0.2, 0) is 9.53 Å². The summed E-state index contributed by atoms with van der Waals surface area (Å²) >= 11 is 4.78. The topological polar surface area (TPSA) is 67.6 Å². The van der Waals surface area contributed by atoms with Gasteiger partial charge >= 0.3 is 0 Å². The van der Waals surface area contributed by atoms with Gasteiger partial charge in [0, 0.05) is 19.6 Å². The van der Waals surface area contributed by atoms with E-state index >= 15 is 0 Å². The highest BCUT2D eigenvalue weighted by molar-refractivity contribution is 7.80. The van der Waals surface area contributed by atoms with E-state index in [9.17, 15) is 4.79 Å². The van der Waals surface area contributed by atoms with Crippen molar-refractivity contribution in [3.63, 3.8) is 0 Å². The van der Waals surface area contributed by atoms with Crippen molar-refractivity contribution in [3.05, 3.63) is 0 Å². The first kappa shape index (κ1) is 14.3. The molecule has 1 heterocycles. The Morgan fingerprint density at radius 1 is 1.71 bits per heavy atom. The normalized spacial score (nSPS) is 23.1. The SMILES string of the molecule is CCN1CCOC(CNC(=O)C(C)C(N)=S)C1. The Kier molecular flexibility index (Phi) is 5.80. The van der Waals surface area contributed by atoms with Crippen molar-refractivity contribution >= 4 is 23.1 Å². The molecule has 0 bridgehead atoms. The van der Waals surface area contributed by atoms with E-state index in [1.54, 1.807) is 6.92 Å². The molecule has 0 radical (unpaired) electrons. The maximum absolute atomic E-state index is 11.6. The van der Waals surface area contributed by atoms with Gasteiger partial charge in [-0.2, -0.15) is 0 Å². The lowest BCUT2D eigenvalue weighted by atomic mass is 10.1. The summed E-state index contributed by atoms with van der Waals surface area (Å²) < 4.78 is 5.58. The van der Waals surface area contributed by atoms with Crippen molar-refractivity contribution in [2.45, 2.75) is 20.0 Å². The predicted molar refractivity (Wildman–Crippen MR) is 70.8 cm³/mol. The number of nitrogens with two attached hydrogens (primary N) is 1. The maximum Gasteiger partial charge on any atom is 0.229 e. The number of hydrogen-bond donors (Lipinski definition) is 2. The molecule has 0 aromatic heterocycles. The molecule has 0 aromatic rings. The minimum atomic E-state index is -0.420. The number of carbonyl (C=O) groups is 1. The Morgan fingerprint density at radius 2 is 2.41 bits per heavy atom. The number of likely N-dealkylation sites (N-methyl/N-ethyl adjacent to an activating group) is 1. The predicted octanol–water partition coefficient (Wildman–Crippen LogP) is -0.254. The average Bonchev–Trinajstić information content (AvgIpc) is 2.35. The molecule has 1 fully saturated rings. The summed E-state index contributed by atoms with van der Waals surface area (Å²) in [6, 6.07) is 0. The van der Waals surface area contributed by atoms with E-state index in [4.69, 9.17) is 22.7 Å². The van der Waals surface area contributed by atoms with Gasteiger partial charge in [-0.3, -0.25) is 9.69 Å². The van der Waals surface area contributed by atoms with Gasteiger partial charge in [0.15, 0.2) is 0 Å². The third-order valence-corrected chi connectivity index (χ3v) is 3.35. The van der Waals surface area contributed by atoms with Gasteiger partial charge in [-0.25, -0.2) is 0 Å². The zero-order chi connectivity index (χ0) is 12.8. The zero-order valence-corrected chi connectivity index (χ0v) is 11.3. The second kappa shape index (κ2) is 6.88. The monoisotopic (exact) mass is 259 g/mol. The average molecular weight is 259 g/mol. The fourth-order valence-electron chi connectivity index (χ4n) is 1.69. The molecule has 2 atom stereocenters. The van der Waals surface area contributed by atoms with Crippen LogP contribution in [0.15, 0.2) is 0 Å². The van der Waals surface area contributed by atoms with Crippen molar-refractivity contribution in [2.75, 3.05) is 32.8 Å². The quantitative estimate of drug-likeness (QED) is 0.666. The molecule has 3 N–H and O–H groups in total. The minimum absolute atomic E-state index is 0.0613. The minimum Gasteiger partial charge on any atom is -0.393 e. The van der Waals surface area contributed by atoms with Crippen LogP contribution in [0.2, 0.25) is 0 Å². The molecule has 1 saturated heterocycles. The van der Waals surface area contributed by atoms with E-state index < -0.39 is 5.92 Å². The summed E-state index contributed by atoms with van der Waals surface area (Å²) in [6.07, 6.45) is 0.0613. The first-order valence-corrected chi connectivity index (χ1v) is 6.36. The number of carbonyl (C=O) groups excluding carboxylic acids is 1. The first-order valence-electron chi connectivity index (χ1n) is 5.95. The third-order valence-electron chi connectivity index (χ3n) is 2.99. The van der Waals surface area contributed by atoms with Crippen molar-refractivity contribution in [1.29, 1.82) is 0 Å². The van der Waals surface area contributed by atoms with E-state index in [1.165, 1.54) is 0 Å². The standard InChI is InChI=1S/C11H21N3O2S/c1-3-14-4-5-16-9(7-14)6-13-11(15)8(2)10(12)17/h8-9H,3-7H2,1-2H3,(H2,12,17)(H,13,15). The fraction of sp³-hybridized carbons (Fsp3) is 0.818. The number of thiocarbonyl (C=S) groups is 1. The molecular weight excluding hydrogens is 238 g/mol. The second-order valence-corrected chi connectivity index (χ2v) is 4.73. The van der Waals surface area contributed by atoms with Crippen molar-refractivity contribution in [2.24, 2.45) is 11.7 Å². The lowest BCUT2D eigenvalue weighted by Gasteiger charge is -2.32. The van der Waals surface area contributed by atoms with Crippen LogP contribution in [0.4, 0.5) is 0 Å². The molecule has 1 aliphatic rings. The van der Waals surface area contributed by atoms with Crippen molar-refractivity contribution < 1.29 is 9.53 Å². The maximum atomic E-state index is 11.6. The summed E-state index contributed by atoms with van der Waals surface area (Å²) in [5.41, 5.74) is 5.42. The highest BCUT2D eigenvalue weighted by atomic mass is 32.1. The molecule has 17 heavy (non-hydrogen) atoms. The molecule has 98 valence electrons. The van der Waals surface area contributed by atoms with Gasteiger partial charge in [-0.1, -0.05) is 19.1 Å². The molecule has 1 aliphatic heterocycles. The van der Waals surface area contributed by atoms with E-state index in [0.717, 1.165) is 26.2 Å². The summed E-state index contributed by atoms with van der Waals surface area (Å²) in [5, 5.41) is 2.82. The van der Waals surface area contributed by atoms with Gasteiger partial charge in [-0.15, -0.1) is 0 Å². The summed E-state index contributed by atoms with van der Waals surface area (Å²) in [6.45, 7) is 7.90. The Bertz CT molecular complexity index is 286. The fourth-order valence-corrected chi connectivity index (χ4v) is 1.79. The van der Waals surface area contributed by atoms with Crippen LogP contribution in [0.5, 0.6) is 0 Å². The molecule has 2 unspecified atom stereocenters. The van der Waals surface area contributed by atoms with E-state index in [2.05, 4.69) is 17.1 Å². The molecular formula is C11H21N3O2S. The summed E-state index contributed by atoms with van der Waals surface area (Å²) in [4.78, 5) is 14.2. The molecule has 0 saturated carbocycles. The highest BCUT2D eigenvalue weighted by Gasteiger charge is 2.21. The van der Waals surface area contributed by atoms with Crippen LogP contribution in [0.1, 0.15) is 13.8 Å². The number of morpholine rings is 1. The molecule has 1 amide bonds. The number of nitrogens with zero attached hydrogens (tertiary/aromatic N) is 1. The number of rotatable bonds is 5. The largest absolute Gasteiger partial charge is 0.393 e.